The van der Waals surface area contributed by atoms with Gasteiger partial charge >= 0.3 is 5.97 Å². The van der Waals surface area contributed by atoms with E-state index < -0.39 is 5.97 Å². The fraction of sp³-hybridized carbons (Fsp3) is 0.222. The van der Waals surface area contributed by atoms with E-state index in [1.807, 2.05) is 0 Å². The predicted octanol–water partition coefficient (Wildman–Crippen LogP) is 0.747. The van der Waals surface area contributed by atoms with Gasteiger partial charge in [-0.3, -0.25) is 4.79 Å². The number of rotatable bonds is 3. The molecule has 80 valence electrons. The number of ether oxygens (including phenoxy) is 1. The van der Waals surface area contributed by atoms with Crippen LogP contribution in [0.2, 0.25) is 0 Å². The quantitative estimate of drug-likeness (QED) is 0.768. The Hall–Kier alpha value is -2.11. The normalized spacial score (nSPS) is 9.47. The molecule has 0 spiro atoms. The molecule has 0 saturated heterocycles. The number of carbonyl (C=O) groups is 2. The van der Waals surface area contributed by atoms with E-state index in [0.717, 1.165) is 6.20 Å². The fourth-order valence-corrected chi connectivity index (χ4v) is 1.01. The van der Waals surface area contributed by atoms with Crippen LogP contribution in [0, 0.1) is 0 Å². The summed E-state index contributed by atoms with van der Waals surface area (Å²) in [7, 11) is 1.38. The monoisotopic (exact) mass is 210 g/mol. The second-order valence-electron chi connectivity index (χ2n) is 2.77. The number of anilines is 1. The Morgan fingerprint density at radius 2 is 2.20 bits per heavy atom. The molecule has 1 rings (SSSR count). The van der Waals surface area contributed by atoms with E-state index in [-0.39, 0.29) is 23.0 Å². The van der Waals surface area contributed by atoms with Crippen LogP contribution in [0.15, 0.2) is 12.3 Å². The van der Waals surface area contributed by atoms with Gasteiger partial charge in [-0.15, -0.1) is 0 Å². The first kappa shape index (κ1) is 11.0. The molecule has 6 heteroatoms. The van der Waals surface area contributed by atoms with Crippen LogP contribution in [0.1, 0.15) is 17.3 Å². The maximum atomic E-state index is 10.8. The summed E-state index contributed by atoms with van der Waals surface area (Å²) in [5.74, 6) is -1.26. The van der Waals surface area contributed by atoms with Crippen molar-refractivity contribution < 1.29 is 19.4 Å². The summed E-state index contributed by atoms with van der Waals surface area (Å²) < 4.78 is 4.86. The Balaban J connectivity index is 3.12. The maximum Gasteiger partial charge on any atom is 0.337 e. The molecule has 0 bridgehead atoms. The van der Waals surface area contributed by atoms with Crippen molar-refractivity contribution in [3.63, 3.8) is 0 Å². The zero-order valence-corrected chi connectivity index (χ0v) is 8.27. The van der Waals surface area contributed by atoms with Crippen LogP contribution in [0.25, 0.3) is 0 Å². The number of hydrogen-bond acceptors (Lipinski definition) is 4. The smallest absolute Gasteiger partial charge is 0.337 e. The molecule has 1 aromatic rings. The van der Waals surface area contributed by atoms with E-state index in [4.69, 9.17) is 9.84 Å². The van der Waals surface area contributed by atoms with Gasteiger partial charge in [-0.1, -0.05) is 0 Å². The van der Waals surface area contributed by atoms with E-state index in [9.17, 15) is 9.59 Å². The number of nitrogens with zero attached hydrogens (tertiary/aromatic N) is 1. The van der Waals surface area contributed by atoms with Crippen molar-refractivity contribution in [2.75, 3.05) is 12.4 Å². The van der Waals surface area contributed by atoms with Gasteiger partial charge in [0.15, 0.2) is 0 Å². The molecule has 0 aliphatic carbocycles. The molecule has 0 unspecified atom stereocenters. The van der Waals surface area contributed by atoms with E-state index in [2.05, 4.69) is 10.3 Å². The highest BCUT2D eigenvalue weighted by atomic mass is 16.5. The lowest BCUT2D eigenvalue weighted by molar-refractivity contribution is -0.114. The molecule has 6 nitrogen and oxygen atoms in total. The number of methoxy groups -OCH3 is 1. The van der Waals surface area contributed by atoms with Gasteiger partial charge in [0.25, 0.3) is 0 Å². The predicted molar refractivity (Wildman–Crippen MR) is 52.1 cm³/mol. The Bertz CT molecular complexity index is 403. The van der Waals surface area contributed by atoms with E-state index >= 15 is 0 Å². The number of carboxylic acid groups (broad SMARTS) is 1. The van der Waals surface area contributed by atoms with Gasteiger partial charge in [0.05, 0.1) is 12.7 Å². The minimum atomic E-state index is -1.11. The molecule has 1 heterocycles. The minimum Gasteiger partial charge on any atom is -0.480 e. The number of nitrogens with one attached hydrogen (secondary N) is 1. The Kier molecular flexibility index (Phi) is 3.22. The van der Waals surface area contributed by atoms with Crippen molar-refractivity contribution in [1.82, 2.24) is 4.98 Å². The summed E-state index contributed by atoms with van der Waals surface area (Å²) in [5.41, 5.74) is 0.226. The molecule has 0 saturated carbocycles. The van der Waals surface area contributed by atoms with Gasteiger partial charge < -0.3 is 15.2 Å². The van der Waals surface area contributed by atoms with Crippen molar-refractivity contribution in [2.45, 2.75) is 6.92 Å². The summed E-state index contributed by atoms with van der Waals surface area (Å²) >= 11 is 0. The summed E-state index contributed by atoms with van der Waals surface area (Å²) in [5, 5.41) is 11.1. The standard InChI is InChI=1S/C9H10N2O4/c1-5(12)11-7-3-6(9(13)14)4-10-8(7)15-2/h3-4H,1-2H3,(H,11,12)(H,13,14). The first-order valence-corrected chi connectivity index (χ1v) is 4.09. The fourth-order valence-electron chi connectivity index (χ4n) is 1.01. The van der Waals surface area contributed by atoms with Crippen molar-refractivity contribution in [2.24, 2.45) is 0 Å². The molecule has 0 aromatic carbocycles. The largest absolute Gasteiger partial charge is 0.480 e. The first-order valence-electron chi connectivity index (χ1n) is 4.09. The Morgan fingerprint density at radius 1 is 1.53 bits per heavy atom. The molecule has 1 aromatic heterocycles. The first-order chi connectivity index (χ1) is 7.04. The van der Waals surface area contributed by atoms with Crippen LogP contribution in [0.4, 0.5) is 5.69 Å². The summed E-state index contributed by atoms with van der Waals surface area (Å²) in [4.78, 5) is 25.2. The van der Waals surface area contributed by atoms with Crippen LogP contribution >= 0.6 is 0 Å². The second kappa shape index (κ2) is 4.41. The Morgan fingerprint density at radius 3 is 2.67 bits per heavy atom. The number of aromatic carboxylic acids is 1. The summed E-state index contributed by atoms with van der Waals surface area (Å²) in [6.07, 6.45) is 1.16. The highest BCUT2D eigenvalue weighted by Crippen LogP contribution is 2.22. The minimum absolute atomic E-state index is 0.0143. The molecule has 2 N–H and O–H groups in total. The van der Waals surface area contributed by atoms with Crippen molar-refractivity contribution in [1.29, 1.82) is 0 Å². The van der Waals surface area contributed by atoms with Gasteiger partial charge in [0.1, 0.15) is 5.69 Å². The van der Waals surface area contributed by atoms with Crippen LogP contribution in [0.5, 0.6) is 5.88 Å². The number of aromatic nitrogens is 1. The number of pyridine rings is 1. The molecule has 0 aliphatic heterocycles. The van der Waals surface area contributed by atoms with Crippen LogP contribution in [0.3, 0.4) is 0 Å². The highest BCUT2D eigenvalue weighted by molar-refractivity contribution is 5.93. The van der Waals surface area contributed by atoms with Gasteiger partial charge in [-0.2, -0.15) is 0 Å². The third kappa shape index (κ3) is 2.67. The molecule has 0 aliphatic rings. The van der Waals surface area contributed by atoms with Crippen molar-refractivity contribution >= 4 is 17.6 Å². The van der Waals surface area contributed by atoms with Gasteiger partial charge in [0, 0.05) is 13.1 Å². The maximum absolute atomic E-state index is 10.8. The molecule has 0 radical (unpaired) electrons. The lowest BCUT2D eigenvalue weighted by atomic mass is 10.2. The van der Waals surface area contributed by atoms with Gasteiger partial charge in [-0.05, 0) is 6.07 Å². The van der Waals surface area contributed by atoms with Crippen LogP contribution in [-0.2, 0) is 4.79 Å². The van der Waals surface area contributed by atoms with E-state index in [1.54, 1.807) is 0 Å². The Labute approximate surface area is 85.9 Å². The van der Waals surface area contributed by atoms with Gasteiger partial charge in [-0.25, -0.2) is 9.78 Å². The average molecular weight is 210 g/mol. The zero-order valence-electron chi connectivity index (χ0n) is 8.27. The van der Waals surface area contributed by atoms with Gasteiger partial charge in [0.2, 0.25) is 11.8 Å². The molecule has 0 fully saturated rings. The third-order valence-corrected chi connectivity index (χ3v) is 1.60. The molecule has 15 heavy (non-hydrogen) atoms. The SMILES string of the molecule is COc1ncc(C(=O)O)cc1NC(C)=O. The average Bonchev–Trinajstić information content (AvgIpc) is 2.16. The molecule has 1 amide bonds. The topological polar surface area (TPSA) is 88.5 Å². The van der Waals surface area contributed by atoms with E-state index in [0.29, 0.717) is 0 Å². The third-order valence-electron chi connectivity index (χ3n) is 1.60. The molecular weight excluding hydrogens is 200 g/mol. The second-order valence-corrected chi connectivity index (χ2v) is 2.77. The number of carbonyl (C=O) groups excluding carboxylic acids is 1. The number of carboxylic acids is 1. The lowest BCUT2D eigenvalue weighted by Gasteiger charge is -2.07. The van der Waals surface area contributed by atoms with E-state index in [1.165, 1.54) is 20.1 Å². The number of amides is 1. The zero-order chi connectivity index (χ0) is 11.4. The van der Waals surface area contributed by atoms with Crippen LogP contribution < -0.4 is 10.1 Å². The van der Waals surface area contributed by atoms with Crippen LogP contribution in [-0.4, -0.2) is 29.1 Å². The van der Waals surface area contributed by atoms with Crippen molar-refractivity contribution in [3.8, 4) is 5.88 Å². The summed E-state index contributed by atoms with van der Waals surface area (Å²) in [6, 6.07) is 1.29. The highest BCUT2D eigenvalue weighted by Gasteiger charge is 2.10. The van der Waals surface area contributed by atoms with Crippen molar-refractivity contribution in [3.05, 3.63) is 17.8 Å². The summed E-state index contributed by atoms with van der Waals surface area (Å²) in [6.45, 7) is 1.31. The lowest BCUT2D eigenvalue weighted by Crippen LogP contribution is -2.09. The number of hydrogen-bond donors (Lipinski definition) is 2. The molecular formula is C9H10N2O4. The molecule has 0 atom stereocenters.